The fourth-order valence-corrected chi connectivity index (χ4v) is 5.45. The van der Waals surface area contributed by atoms with Crippen LogP contribution in [0, 0.1) is 23.7 Å². The fourth-order valence-electron chi connectivity index (χ4n) is 5.45. The van der Waals surface area contributed by atoms with Gasteiger partial charge >= 0.3 is 5.97 Å². The van der Waals surface area contributed by atoms with Crippen molar-refractivity contribution in [2.24, 2.45) is 23.7 Å². The van der Waals surface area contributed by atoms with Crippen molar-refractivity contribution >= 4 is 17.8 Å². The van der Waals surface area contributed by atoms with Gasteiger partial charge in [-0.25, -0.2) is 0 Å². The number of morpholine rings is 1. The average Bonchev–Trinajstić information content (AvgIpc) is 3.11. The number of ether oxygens (including phenoxy) is 2. The number of allylic oxidation sites excluding steroid dienone is 1. The van der Waals surface area contributed by atoms with E-state index in [1.165, 1.54) is 0 Å². The molecule has 1 aliphatic carbocycles. The zero-order chi connectivity index (χ0) is 24.5. The maximum Gasteiger partial charge on any atom is 0.310 e. The van der Waals surface area contributed by atoms with E-state index < -0.39 is 17.9 Å². The van der Waals surface area contributed by atoms with Gasteiger partial charge in [-0.3, -0.25) is 19.3 Å². The smallest absolute Gasteiger partial charge is 0.310 e. The summed E-state index contributed by atoms with van der Waals surface area (Å²) in [6.45, 7) is 8.94. The lowest BCUT2D eigenvalue weighted by atomic mass is 9.70. The molecule has 2 amide bonds. The summed E-state index contributed by atoms with van der Waals surface area (Å²) >= 11 is 0. The van der Waals surface area contributed by atoms with Crippen molar-refractivity contribution in [1.29, 1.82) is 0 Å². The number of carbonyl (C=O) groups is 3. The number of esters is 1. The lowest BCUT2D eigenvalue weighted by Crippen LogP contribution is -2.49. The van der Waals surface area contributed by atoms with Crippen LogP contribution in [0.3, 0.4) is 0 Å². The number of nitrogens with one attached hydrogen (secondary N) is 1. The monoisotopic (exact) mass is 479 g/mol. The third kappa shape index (κ3) is 6.37. The Bertz CT molecular complexity index is 723. The molecule has 0 saturated carbocycles. The van der Waals surface area contributed by atoms with Crippen LogP contribution < -0.4 is 5.32 Å². The van der Waals surface area contributed by atoms with E-state index in [9.17, 15) is 14.4 Å². The van der Waals surface area contributed by atoms with Gasteiger partial charge in [0.15, 0.2) is 0 Å². The van der Waals surface area contributed by atoms with E-state index in [1.807, 2.05) is 19.1 Å². The predicted octanol–water partition coefficient (Wildman–Crippen LogP) is 0.816. The van der Waals surface area contributed by atoms with E-state index >= 15 is 0 Å². The molecule has 0 spiro atoms. The largest absolute Gasteiger partial charge is 0.466 e. The van der Waals surface area contributed by atoms with E-state index in [2.05, 4.69) is 10.2 Å². The predicted molar refractivity (Wildman–Crippen MR) is 127 cm³/mol. The molecule has 5 atom stereocenters. The molecular formula is C25H41N3O6. The fraction of sp³-hybridized carbons (Fsp3) is 0.800. The number of hydrogen-bond acceptors (Lipinski definition) is 7. The van der Waals surface area contributed by atoms with Crippen molar-refractivity contribution in [2.45, 2.75) is 45.6 Å². The van der Waals surface area contributed by atoms with Gasteiger partial charge in [0.25, 0.3) is 0 Å². The minimum Gasteiger partial charge on any atom is -0.466 e. The molecule has 0 radical (unpaired) electrons. The summed E-state index contributed by atoms with van der Waals surface area (Å²) < 4.78 is 10.7. The van der Waals surface area contributed by atoms with Crippen LogP contribution in [-0.4, -0.2) is 97.9 Å². The molecule has 2 N–H and O–H groups in total. The number of hydrogen-bond donors (Lipinski definition) is 2. The Balaban J connectivity index is 1.72. The average molecular weight is 480 g/mol. The Morgan fingerprint density at radius 3 is 2.59 bits per heavy atom. The summed E-state index contributed by atoms with van der Waals surface area (Å²) in [6.07, 6.45) is 7.15. The number of aliphatic hydroxyl groups excluding tert-OH is 1. The zero-order valence-corrected chi connectivity index (χ0v) is 20.6. The van der Waals surface area contributed by atoms with Crippen molar-refractivity contribution in [2.75, 3.05) is 59.2 Å². The van der Waals surface area contributed by atoms with Gasteiger partial charge in [0, 0.05) is 45.2 Å². The molecule has 2 saturated heterocycles. The number of amides is 2. The molecule has 0 unspecified atom stereocenters. The maximum absolute atomic E-state index is 13.6. The number of rotatable bonds is 12. The molecule has 9 nitrogen and oxygen atoms in total. The van der Waals surface area contributed by atoms with Crippen molar-refractivity contribution in [3.05, 3.63) is 12.2 Å². The number of unbranched alkanes of at least 4 members (excludes halogenated alkanes) is 3. The summed E-state index contributed by atoms with van der Waals surface area (Å²) in [4.78, 5) is 43.7. The second-order valence-corrected chi connectivity index (χ2v) is 9.48. The van der Waals surface area contributed by atoms with Crippen molar-refractivity contribution < 1.29 is 29.0 Å². The minimum atomic E-state index is -0.624. The number of nitrogens with zero attached hydrogens (tertiary/aromatic N) is 2. The summed E-state index contributed by atoms with van der Waals surface area (Å²) in [6, 6.07) is -0.624. The Morgan fingerprint density at radius 1 is 1.15 bits per heavy atom. The Labute approximate surface area is 202 Å². The van der Waals surface area contributed by atoms with Crippen LogP contribution in [0.25, 0.3) is 0 Å². The van der Waals surface area contributed by atoms with Gasteiger partial charge in [0.2, 0.25) is 11.8 Å². The highest BCUT2D eigenvalue weighted by Crippen LogP contribution is 2.44. The van der Waals surface area contributed by atoms with Gasteiger partial charge in [-0.2, -0.15) is 0 Å². The number of carbonyl (C=O) groups excluding carboxylic acids is 3. The van der Waals surface area contributed by atoms with Crippen LogP contribution in [0.5, 0.6) is 0 Å². The Kier molecular flexibility index (Phi) is 10.3. The minimum absolute atomic E-state index is 0.126. The molecule has 34 heavy (non-hydrogen) atoms. The highest BCUT2D eigenvalue weighted by molar-refractivity contribution is 5.96. The quantitative estimate of drug-likeness (QED) is 0.242. The molecule has 3 aliphatic rings. The maximum atomic E-state index is 13.6. The lowest BCUT2D eigenvalue weighted by molar-refractivity contribution is -0.155. The van der Waals surface area contributed by atoms with Crippen LogP contribution >= 0.6 is 0 Å². The summed E-state index contributed by atoms with van der Waals surface area (Å²) in [5.41, 5.74) is 0. The van der Waals surface area contributed by atoms with Crippen molar-refractivity contribution in [3.8, 4) is 0 Å². The van der Waals surface area contributed by atoms with Crippen molar-refractivity contribution in [3.63, 3.8) is 0 Å². The normalized spacial score (nSPS) is 29.2. The van der Waals surface area contributed by atoms with Crippen molar-refractivity contribution in [1.82, 2.24) is 15.1 Å². The van der Waals surface area contributed by atoms with Gasteiger partial charge in [-0.05, 0) is 25.7 Å². The molecule has 2 heterocycles. The highest BCUT2D eigenvalue weighted by atomic mass is 16.5. The van der Waals surface area contributed by atoms with Crippen LogP contribution in [0.2, 0.25) is 0 Å². The molecule has 0 aromatic rings. The first-order chi connectivity index (χ1) is 16.5. The number of fused-ring (bicyclic) bond motifs is 1. The third-order valence-corrected chi connectivity index (χ3v) is 7.24. The highest BCUT2D eigenvalue weighted by Gasteiger charge is 2.56. The zero-order valence-electron chi connectivity index (χ0n) is 20.6. The summed E-state index contributed by atoms with van der Waals surface area (Å²) in [5, 5.41) is 12.1. The van der Waals surface area contributed by atoms with Gasteiger partial charge in [0.1, 0.15) is 6.04 Å². The molecular weight excluding hydrogens is 438 g/mol. The molecule has 192 valence electrons. The molecule has 0 aromatic heterocycles. The molecule has 3 rings (SSSR count). The van der Waals surface area contributed by atoms with E-state index in [1.54, 1.807) is 11.8 Å². The van der Waals surface area contributed by atoms with Gasteiger partial charge in [-0.1, -0.05) is 31.9 Å². The first-order valence-corrected chi connectivity index (χ1v) is 12.8. The van der Waals surface area contributed by atoms with Gasteiger partial charge in [0.05, 0.1) is 31.7 Å². The van der Waals surface area contributed by atoms with Gasteiger partial charge in [-0.15, -0.1) is 0 Å². The second-order valence-electron chi connectivity index (χ2n) is 9.48. The van der Waals surface area contributed by atoms with Crippen LogP contribution in [0.15, 0.2) is 12.2 Å². The summed E-state index contributed by atoms with van der Waals surface area (Å²) in [7, 11) is 0. The molecule has 2 fully saturated rings. The Hall–Kier alpha value is -1.97. The van der Waals surface area contributed by atoms with E-state index in [-0.39, 0.29) is 42.8 Å². The SMILES string of the molecule is CCOC(=O)[C@H]1[C@@H]2C(=O)N(CCCCCCO)[C@H](C(=O)NCCN3CCOCC3)[C@H]2C=C[C@H]1C. The third-order valence-electron chi connectivity index (χ3n) is 7.24. The number of aliphatic hydroxyl groups is 1. The van der Waals surface area contributed by atoms with E-state index in [0.717, 1.165) is 45.3 Å². The number of likely N-dealkylation sites (tertiary alicyclic amines) is 1. The van der Waals surface area contributed by atoms with Crippen LogP contribution in [-0.2, 0) is 23.9 Å². The standard InChI is InChI=1S/C25H41N3O6/c1-3-34-25(32)20-18(2)8-9-19-21(20)24(31)28(11-6-4-5-7-15-29)22(19)23(30)26-10-12-27-13-16-33-17-14-27/h8-9,18-22,29H,3-7,10-17H2,1-2H3,(H,26,30)/t18-,19+,20-,21-,22+/m1/s1. The first kappa shape index (κ1) is 26.6. The summed E-state index contributed by atoms with van der Waals surface area (Å²) in [5.74, 6) is -2.28. The Morgan fingerprint density at radius 2 is 1.88 bits per heavy atom. The molecule has 0 bridgehead atoms. The van der Waals surface area contributed by atoms with E-state index in [4.69, 9.17) is 14.6 Å². The first-order valence-electron chi connectivity index (χ1n) is 12.8. The topological polar surface area (TPSA) is 108 Å². The molecule has 9 heteroatoms. The lowest BCUT2D eigenvalue weighted by Gasteiger charge is -2.32. The van der Waals surface area contributed by atoms with Crippen LogP contribution in [0.1, 0.15) is 39.5 Å². The van der Waals surface area contributed by atoms with E-state index in [0.29, 0.717) is 26.3 Å². The second kappa shape index (κ2) is 13.2. The molecule has 2 aliphatic heterocycles. The van der Waals surface area contributed by atoms with Gasteiger partial charge < -0.3 is 24.8 Å². The van der Waals surface area contributed by atoms with Crippen LogP contribution in [0.4, 0.5) is 0 Å². The molecule has 0 aromatic carbocycles.